The van der Waals surface area contributed by atoms with Crippen molar-refractivity contribution >= 4 is 16.9 Å². The van der Waals surface area contributed by atoms with Crippen LogP contribution in [0, 0.1) is 0 Å². The Balaban J connectivity index is 1.89. The van der Waals surface area contributed by atoms with E-state index in [1.807, 2.05) is 25.2 Å². The van der Waals surface area contributed by atoms with E-state index in [-0.39, 0.29) is 28.5 Å². The van der Waals surface area contributed by atoms with Gasteiger partial charge in [0, 0.05) is 29.9 Å². The Morgan fingerprint density at radius 1 is 1.05 bits per heavy atom. The molecule has 0 aliphatic heterocycles. The lowest BCUT2D eigenvalue weighted by Crippen LogP contribution is -2.37. The molecule has 2 N–H and O–H groups in total. The van der Waals surface area contributed by atoms with Gasteiger partial charge in [-0.25, -0.2) is 9.97 Å². The van der Waals surface area contributed by atoms with E-state index in [0.717, 1.165) is 27.8 Å². The number of carbonyl (C=O) groups is 1. The Kier molecular flexibility index (Phi) is 8.38. The average Bonchev–Trinajstić information content (AvgIpc) is 2.88. The minimum Gasteiger partial charge on any atom is -0.497 e. The summed E-state index contributed by atoms with van der Waals surface area (Å²) in [6, 6.07) is 12.1. The number of amides is 1. The van der Waals surface area contributed by atoms with Crippen LogP contribution in [-0.2, 0) is 17.9 Å². The summed E-state index contributed by atoms with van der Waals surface area (Å²) in [7, 11) is 3.38. The van der Waals surface area contributed by atoms with Crippen molar-refractivity contribution in [1.82, 2.24) is 25.2 Å². The largest absolute Gasteiger partial charge is 0.573 e. The van der Waals surface area contributed by atoms with Crippen molar-refractivity contribution in [3.8, 4) is 34.0 Å². The van der Waals surface area contributed by atoms with Gasteiger partial charge in [0.2, 0.25) is 5.91 Å². The zero-order valence-electron chi connectivity index (χ0n) is 22.3. The first-order valence-electron chi connectivity index (χ1n) is 12.4. The lowest BCUT2D eigenvalue weighted by Gasteiger charge is -2.16. The van der Waals surface area contributed by atoms with Crippen LogP contribution in [0.3, 0.4) is 0 Å². The lowest BCUT2D eigenvalue weighted by molar-refractivity contribution is -0.274. The van der Waals surface area contributed by atoms with Crippen molar-refractivity contribution in [3.63, 3.8) is 0 Å². The molecular weight excluding hydrogens is 527 g/mol. The molecule has 0 unspecified atom stereocenters. The van der Waals surface area contributed by atoms with Crippen molar-refractivity contribution in [2.75, 3.05) is 14.2 Å². The van der Waals surface area contributed by atoms with Gasteiger partial charge in [0.05, 0.1) is 12.5 Å². The van der Waals surface area contributed by atoms with E-state index < -0.39 is 30.1 Å². The molecule has 2 aromatic carbocycles. The zero-order valence-corrected chi connectivity index (χ0v) is 22.3. The number of hydrogen-bond donors (Lipinski definition) is 2. The fourth-order valence-electron chi connectivity index (χ4n) is 4.23. The normalized spacial score (nSPS) is 11.6. The standard InChI is InChI=1S/C28H28F3N5O4/c1-16(2)34-24(37)15-36-26(18-6-5-7-21(10-18)40-28(29,30)31)35-25-23(27(36)38)12-20(14-33-25)19-8-17(13-32-3)9-22(11-19)39-4/h5-12,14,16,32H,13,15H2,1-4H3,(H,34,37). The van der Waals surface area contributed by atoms with Crippen LogP contribution in [-0.4, -0.2) is 47.0 Å². The summed E-state index contributed by atoms with van der Waals surface area (Å²) in [5, 5.41) is 5.94. The molecule has 9 nitrogen and oxygen atoms in total. The zero-order chi connectivity index (χ0) is 29.0. The average molecular weight is 556 g/mol. The van der Waals surface area contributed by atoms with Crippen molar-refractivity contribution in [1.29, 1.82) is 0 Å². The van der Waals surface area contributed by atoms with Crippen LogP contribution >= 0.6 is 0 Å². The van der Waals surface area contributed by atoms with Crippen molar-refractivity contribution in [2.45, 2.75) is 39.3 Å². The number of pyridine rings is 1. The molecule has 4 aromatic rings. The van der Waals surface area contributed by atoms with Crippen LogP contribution in [0.15, 0.2) is 59.5 Å². The number of carbonyl (C=O) groups excluding carboxylic acids is 1. The van der Waals surface area contributed by atoms with Crippen LogP contribution < -0.4 is 25.7 Å². The van der Waals surface area contributed by atoms with E-state index in [4.69, 9.17) is 4.74 Å². The number of rotatable bonds is 9. The number of fused-ring (bicyclic) bond motifs is 1. The molecule has 210 valence electrons. The first kappa shape index (κ1) is 28.6. The summed E-state index contributed by atoms with van der Waals surface area (Å²) in [5.41, 5.74) is 1.97. The van der Waals surface area contributed by atoms with E-state index in [9.17, 15) is 22.8 Å². The van der Waals surface area contributed by atoms with Gasteiger partial charge in [0.25, 0.3) is 5.56 Å². The van der Waals surface area contributed by atoms with Gasteiger partial charge in [-0.3, -0.25) is 14.2 Å². The van der Waals surface area contributed by atoms with Gasteiger partial charge in [-0.05, 0) is 68.4 Å². The Morgan fingerprint density at radius 2 is 1.80 bits per heavy atom. The highest BCUT2D eigenvalue weighted by molar-refractivity contribution is 5.83. The Labute approximate surface area is 228 Å². The van der Waals surface area contributed by atoms with Crippen molar-refractivity contribution in [3.05, 3.63) is 70.6 Å². The number of hydrogen-bond acceptors (Lipinski definition) is 7. The van der Waals surface area contributed by atoms with Crippen molar-refractivity contribution < 1.29 is 27.4 Å². The van der Waals surface area contributed by atoms with Crippen LogP contribution in [0.5, 0.6) is 11.5 Å². The summed E-state index contributed by atoms with van der Waals surface area (Å²) < 4.78 is 49.1. The maximum Gasteiger partial charge on any atom is 0.573 e. The van der Waals surface area contributed by atoms with Gasteiger partial charge in [0.15, 0.2) is 5.65 Å². The number of ether oxygens (including phenoxy) is 2. The quantitative estimate of drug-likeness (QED) is 0.318. The monoisotopic (exact) mass is 555 g/mol. The smallest absolute Gasteiger partial charge is 0.497 e. The molecule has 0 radical (unpaired) electrons. The number of nitrogens with zero attached hydrogens (tertiary/aromatic N) is 3. The Morgan fingerprint density at radius 3 is 2.48 bits per heavy atom. The summed E-state index contributed by atoms with van der Waals surface area (Å²) >= 11 is 0. The minimum atomic E-state index is -4.91. The van der Waals surface area contributed by atoms with Gasteiger partial charge >= 0.3 is 6.36 Å². The predicted molar refractivity (Wildman–Crippen MR) is 144 cm³/mol. The highest BCUT2D eigenvalue weighted by Crippen LogP contribution is 2.30. The fraction of sp³-hybridized carbons (Fsp3) is 0.286. The van der Waals surface area contributed by atoms with E-state index in [0.29, 0.717) is 17.9 Å². The third kappa shape index (κ3) is 6.75. The summed E-state index contributed by atoms with van der Waals surface area (Å²) in [6.07, 6.45) is -3.35. The molecule has 4 rings (SSSR count). The number of benzene rings is 2. The number of halogens is 3. The van der Waals surface area contributed by atoms with Crippen LogP contribution in [0.2, 0.25) is 0 Å². The molecule has 0 aliphatic carbocycles. The first-order valence-corrected chi connectivity index (χ1v) is 12.4. The fourth-order valence-corrected chi connectivity index (χ4v) is 4.23. The molecule has 0 fully saturated rings. The van der Waals surface area contributed by atoms with Gasteiger partial charge < -0.3 is 20.1 Å². The van der Waals surface area contributed by atoms with Crippen molar-refractivity contribution in [2.24, 2.45) is 0 Å². The maximum absolute atomic E-state index is 13.8. The second kappa shape index (κ2) is 11.7. The highest BCUT2D eigenvalue weighted by atomic mass is 19.4. The van der Waals surface area contributed by atoms with E-state index in [1.54, 1.807) is 33.2 Å². The minimum absolute atomic E-state index is 0.0260. The molecule has 2 heterocycles. The molecule has 0 bridgehead atoms. The van der Waals surface area contributed by atoms with Gasteiger partial charge in [0.1, 0.15) is 23.9 Å². The molecule has 0 atom stereocenters. The van der Waals surface area contributed by atoms with Gasteiger partial charge in [-0.2, -0.15) is 0 Å². The number of aromatic nitrogens is 3. The maximum atomic E-state index is 13.8. The first-order chi connectivity index (χ1) is 19.0. The van der Waals surface area contributed by atoms with Crippen LogP contribution in [0.4, 0.5) is 13.2 Å². The predicted octanol–water partition coefficient (Wildman–Crippen LogP) is 4.28. The molecule has 12 heteroatoms. The van der Waals surface area contributed by atoms with Gasteiger partial charge in [-0.15, -0.1) is 13.2 Å². The molecule has 0 saturated heterocycles. The molecule has 0 saturated carbocycles. The Bertz CT molecular complexity index is 1600. The molecule has 2 aromatic heterocycles. The van der Waals surface area contributed by atoms with Gasteiger partial charge in [-0.1, -0.05) is 12.1 Å². The number of methoxy groups -OCH3 is 1. The second-order valence-electron chi connectivity index (χ2n) is 9.32. The molecule has 40 heavy (non-hydrogen) atoms. The van der Waals surface area contributed by atoms with E-state index in [1.165, 1.54) is 12.1 Å². The third-order valence-electron chi connectivity index (χ3n) is 5.80. The summed E-state index contributed by atoms with van der Waals surface area (Å²) in [4.78, 5) is 35.4. The summed E-state index contributed by atoms with van der Waals surface area (Å²) in [5.74, 6) is -0.353. The topological polar surface area (TPSA) is 107 Å². The van der Waals surface area contributed by atoms with Crippen LogP contribution in [0.1, 0.15) is 19.4 Å². The highest BCUT2D eigenvalue weighted by Gasteiger charge is 2.31. The molecule has 1 amide bonds. The number of alkyl halides is 3. The van der Waals surface area contributed by atoms with Crippen LogP contribution in [0.25, 0.3) is 33.5 Å². The Hall–Kier alpha value is -4.45. The number of nitrogens with one attached hydrogen (secondary N) is 2. The second-order valence-corrected chi connectivity index (χ2v) is 9.32. The SMILES string of the molecule is CNCc1cc(OC)cc(-c2cnc3nc(-c4cccc(OC(F)(F)F)c4)n(CC(=O)NC(C)C)c(=O)c3c2)c1. The lowest BCUT2D eigenvalue weighted by atomic mass is 10.0. The third-order valence-corrected chi connectivity index (χ3v) is 5.80. The van der Waals surface area contributed by atoms with E-state index in [2.05, 4.69) is 25.3 Å². The molecule has 0 spiro atoms. The molecular formula is C28H28F3N5O4. The van der Waals surface area contributed by atoms with E-state index >= 15 is 0 Å². The molecule has 0 aliphatic rings. The summed E-state index contributed by atoms with van der Waals surface area (Å²) in [6.45, 7) is 3.72.